The molecule has 82 valence electrons. The van der Waals surface area contributed by atoms with Crippen molar-refractivity contribution in [2.45, 2.75) is 12.8 Å². The molecule has 0 bridgehead atoms. The first-order chi connectivity index (χ1) is 7.34. The van der Waals surface area contributed by atoms with E-state index in [1.165, 1.54) is 24.3 Å². The summed E-state index contributed by atoms with van der Waals surface area (Å²) in [6, 6.07) is 10.1. The van der Waals surface area contributed by atoms with Crippen molar-refractivity contribution in [1.29, 1.82) is 0 Å². The lowest BCUT2D eigenvalue weighted by Gasteiger charge is -2.31. The fourth-order valence-corrected chi connectivity index (χ4v) is 2.13. The van der Waals surface area contributed by atoms with Crippen LogP contribution in [0.25, 0.3) is 0 Å². The summed E-state index contributed by atoms with van der Waals surface area (Å²) in [6.45, 7) is 3.19. The van der Waals surface area contributed by atoms with Crippen molar-refractivity contribution in [3.05, 3.63) is 37.4 Å². The highest BCUT2D eigenvalue weighted by molar-refractivity contribution is 5.20. The first-order valence-corrected chi connectivity index (χ1v) is 5.69. The molecule has 2 nitrogen and oxygen atoms in total. The zero-order chi connectivity index (χ0) is 10.5. The van der Waals surface area contributed by atoms with E-state index in [4.69, 9.17) is 4.74 Å². The van der Waals surface area contributed by atoms with Gasteiger partial charge in [0.25, 0.3) is 0 Å². The van der Waals surface area contributed by atoms with Crippen LogP contribution in [0.4, 0.5) is 0 Å². The minimum absolute atomic E-state index is 0.673. The summed E-state index contributed by atoms with van der Waals surface area (Å²) in [5.74, 6) is 1.65. The Labute approximate surface area is 91.9 Å². The van der Waals surface area contributed by atoms with Gasteiger partial charge < -0.3 is 9.64 Å². The molecule has 1 saturated heterocycles. The Balaban J connectivity index is 1.78. The Morgan fingerprint density at radius 1 is 1.33 bits per heavy atom. The van der Waals surface area contributed by atoms with E-state index in [1.54, 1.807) is 0 Å². The molecular weight excluding hydrogens is 186 g/mol. The molecule has 1 aromatic rings. The van der Waals surface area contributed by atoms with Crippen LogP contribution < -0.4 is 9.64 Å². The van der Waals surface area contributed by atoms with Crippen molar-refractivity contribution in [2.24, 2.45) is 5.92 Å². The fourth-order valence-electron chi connectivity index (χ4n) is 2.13. The van der Waals surface area contributed by atoms with Gasteiger partial charge in [0.2, 0.25) is 0 Å². The van der Waals surface area contributed by atoms with Gasteiger partial charge in [-0.3, -0.25) is 0 Å². The van der Waals surface area contributed by atoms with Gasteiger partial charge in [-0.2, -0.15) is 7.05 Å². The molecule has 2 rings (SSSR count). The van der Waals surface area contributed by atoms with Crippen LogP contribution in [0.3, 0.4) is 0 Å². The highest BCUT2D eigenvalue weighted by Gasteiger charge is 2.17. The van der Waals surface area contributed by atoms with Crippen molar-refractivity contribution in [3.63, 3.8) is 0 Å². The largest absolute Gasteiger partial charge is 0.493 e. The van der Waals surface area contributed by atoms with E-state index in [0.717, 1.165) is 18.9 Å². The summed E-state index contributed by atoms with van der Waals surface area (Å²) in [7, 11) is 4.06. The van der Waals surface area contributed by atoms with Crippen molar-refractivity contribution in [1.82, 2.24) is 0 Å². The van der Waals surface area contributed by atoms with Gasteiger partial charge in [-0.25, -0.2) is 0 Å². The quantitative estimate of drug-likeness (QED) is 0.731. The van der Waals surface area contributed by atoms with Gasteiger partial charge in [-0.1, -0.05) is 18.2 Å². The molecule has 2 atom stereocenters. The average molecular weight is 205 g/mol. The highest BCUT2D eigenvalue weighted by Crippen LogP contribution is 2.13. The van der Waals surface area contributed by atoms with E-state index in [0.29, 0.717) is 5.92 Å². The van der Waals surface area contributed by atoms with Crippen LogP contribution >= 0.6 is 0 Å². The monoisotopic (exact) mass is 205 g/mol. The topological polar surface area (TPSA) is 13.7 Å². The van der Waals surface area contributed by atoms with Crippen LogP contribution in [-0.2, 0) is 0 Å². The van der Waals surface area contributed by atoms with E-state index in [9.17, 15) is 0 Å². The third kappa shape index (κ3) is 3.24. The predicted octanol–water partition coefficient (Wildman–Crippen LogP) is 1.15. The minimum Gasteiger partial charge on any atom is -0.493 e. The SMILES string of the molecule is [CH2-][NH+]1CCCC(COc2ccccc2)C1. The lowest BCUT2D eigenvalue weighted by molar-refractivity contribution is -0.863. The molecule has 1 N–H and O–H groups in total. The number of quaternary nitrogens is 1. The van der Waals surface area contributed by atoms with Crippen LogP contribution in [0.5, 0.6) is 5.75 Å². The van der Waals surface area contributed by atoms with Crippen LogP contribution in [0.2, 0.25) is 0 Å². The Morgan fingerprint density at radius 2 is 2.13 bits per heavy atom. The summed E-state index contributed by atoms with van der Waals surface area (Å²) in [4.78, 5) is 1.39. The maximum atomic E-state index is 5.75. The Hall–Kier alpha value is -1.02. The number of benzene rings is 1. The number of likely N-dealkylation sites (tertiary alicyclic amines) is 1. The molecule has 1 fully saturated rings. The minimum atomic E-state index is 0.673. The summed E-state index contributed by atoms with van der Waals surface area (Å²) < 4.78 is 5.75. The van der Waals surface area contributed by atoms with Gasteiger partial charge in [0.15, 0.2) is 0 Å². The molecule has 1 heterocycles. The average Bonchev–Trinajstić information content (AvgIpc) is 2.28. The maximum Gasteiger partial charge on any atom is 0.119 e. The zero-order valence-electron chi connectivity index (χ0n) is 9.11. The van der Waals surface area contributed by atoms with Crippen LogP contribution in [0, 0.1) is 13.0 Å². The smallest absolute Gasteiger partial charge is 0.119 e. The lowest BCUT2D eigenvalue weighted by Crippen LogP contribution is -3.08. The molecule has 1 aromatic carbocycles. The van der Waals surface area contributed by atoms with Crippen LogP contribution in [-0.4, -0.2) is 19.7 Å². The molecule has 0 amide bonds. The number of piperidine rings is 1. The van der Waals surface area contributed by atoms with Gasteiger partial charge in [-0.05, 0) is 25.0 Å². The predicted molar refractivity (Wildman–Crippen MR) is 60.7 cm³/mol. The Kier molecular flexibility index (Phi) is 3.62. The number of rotatable bonds is 3. The highest BCUT2D eigenvalue weighted by atomic mass is 16.5. The molecule has 0 aliphatic carbocycles. The van der Waals surface area contributed by atoms with Crippen molar-refractivity contribution in [2.75, 3.05) is 19.7 Å². The third-order valence-electron chi connectivity index (χ3n) is 2.95. The summed E-state index contributed by atoms with van der Waals surface area (Å²) in [6.07, 6.45) is 2.56. The van der Waals surface area contributed by atoms with Gasteiger partial charge in [0, 0.05) is 5.92 Å². The molecule has 1 aliphatic heterocycles. The summed E-state index contributed by atoms with van der Waals surface area (Å²) in [5.41, 5.74) is 0. The zero-order valence-corrected chi connectivity index (χ0v) is 9.11. The van der Waals surface area contributed by atoms with E-state index in [1.807, 2.05) is 30.3 Å². The summed E-state index contributed by atoms with van der Waals surface area (Å²) >= 11 is 0. The second-order valence-corrected chi connectivity index (χ2v) is 4.34. The lowest BCUT2D eigenvalue weighted by atomic mass is 10.00. The molecule has 15 heavy (non-hydrogen) atoms. The molecule has 0 saturated carbocycles. The van der Waals surface area contributed by atoms with Crippen LogP contribution in [0.1, 0.15) is 12.8 Å². The Morgan fingerprint density at radius 3 is 2.87 bits per heavy atom. The van der Waals surface area contributed by atoms with E-state index >= 15 is 0 Å². The van der Waals surface area contributed by atoms with Crippen molar-refractivity contribution >= 4 is 0 Å². The van der Waals surface area contributed by atoms with Crippen molar-refractivity contribution < 1.29 is 9.64 Å². The maximum absolute atomic E-state index is 5.75. The van der Waals surface area contributed by atoms with E-state index < -0.39 is 0 Å². The number of nitrogens with one attached hydrogen (secondary N) is 1. The molecule has 2 heteroatoms. The molecule has 1 aliphatic rings. The number of para-hydroxylation sites is 1. The number of hydrogen-bond donors (Lipinski definition) is 1. The molecule has 2 unspecified atom stereocenters. The van der Waals surface area contributed by atoms with Gasteiger partial charge in [0.1, 0.15) is 5.75 Å². The van der Waals surface area contributed by atoms with Crippen LogP contribution in [0.15, 0.2) is 30.3 Å². The number of hydrogen-bond acceptors (Lipinski definition) is 1. The van der Waals surface area contributed by atoms with Gasteiger partial charge in [0.05, 0.1) is 19.7 Å². The molecule has 0 spiro atoms. The van der Waals surface area contributed by atoms with Crippen molar-refractivity contribution in [3.8, 4) is 5.75 Å². The normalized spacial score (nSPS) is 26.2. The van der Waals surface area contributed by atoms with Gasteiger partial charge >= 0.3 is 0 Å². The third-order valence-corrected chi connectivity index (χ3v) is 2.95. The fraction of sp³-hybridized carbons (Fsp3) is 0.462. The second-order valence-electron chi connectivity index (χ2n) is 4.34. The number of ether oxygens (including phenoxy) is 1. The van der Waals surface area contributed by atoms with Gasteiger partial charge in [-0.15, -0.1) is 0 Å². The van der Waals surface area contributed by atoms with E-state index in [-0.39, 0.29) is 0 Å². The second kappa shape index (κ2) is 5.17. The Bertz CT molecular complexity index is 286. The summed E-state index contributed by atoms with van der Waals surface area (Å²) in [5, 5.41) is 0. The molecule has 0 aromatic heterocycles. The van der Waals surface area contributed by atoms with E-state index in [2.05, 4.69) is 7.05 Å². The molecular formula is C13H19NO. The first kappa shape index (κ1) is 10.5. The molecule has 0 radical (unpaired) electrons. The first-order valence-electron chi connectivity index (χ1n) is 5.69. The standard InChI is InChI=1S/C13H19NO/c1-14-9-5-6-12(10-14)11-15-13-7-3-2-4-8-13/h2-4,7-8,12,14H,1,5-6,9-11H2.